The Morgan fingerprint density at radius 2 is 1.80 bits per heavy atom. The van der Waals surface area contributed by atoms with Crippen molar-refractivity contribution in [3.63, 3.8) is 0 Å². The van der Waals surface area contributed by atoms with Gasteiger partial charge in [0.1, 0.15) is 11.5 Å². The molecule has 1 heterocycles. The number of hydrogen-bond acceptors (Lipinski definition) is 5. The van der Waals surface area contributed by atoms with Crippen molar-refractivity contribution >= 4 is 33.2 Å². The van der Waals surface area contributed by atoms with Crippen LogP contribution >= 0.6 is 11.6 Å². The molecule has 4 rings (SSSR count). The van der Waals surface area contributed by atoms with E-state index in [0.29, 0.717) is 47.3 Å². The predicted octanol–water partition coefficient (Wildman–Crippen LogP) is 5.49. The lowest BCUT2D eigenvalue weighted by atomic mass is 9.98. The van der Waals surface area contributed by atoms with Crippen molar-refractivity contribution in [1.82, 2.24) is 4.31 Å². The largest absolute Gasteiger partial charge is 0.496 e. The maximum atomic E-state index is 13.3. The number of anilines is 1. The summed E-state index contributed by atoms with van der Waals surface area (Å²) in [5.74, 6) is 0.894. The normalized spacial score (nSPS) is 16.5. The van der Waals surface area contributed by atoms with Crippen LogP contribution in [0.4, 0.5) is 5.69 Å². The number of nitrogens with zero attached hydrogens (tertiary/aromatic N) is 1. The topological polar surface area (TPSA) is 84.9 Å². The summed E-state index contributed by atoms with van der Waals surface area (Å²) < 4.78 is 39.1. The van der Waals surface area contributed by atoms with Crippen LogP contribution in [0.3, 0.4) is 0 Å². The van der Waals surface area contributed by atoms with Gasteiger partial charge in [-0.1, -0.05) is 29.8 Å². The minimum absolute atomic E-state index is 0.0919. The van der Waals surface area contributed by atoms with E-state index in [-0.39, 0.29) is 17.3 Å². The number of piperidine rings is 1. The van der Waals surface area contributed by atoms with Crippen LogP contribution in [0.25, 0.3) is 0 Å². The molecule has 0 aliphatic carbocycles. The molecular weight excluding hydrogens is 488 g/mol. The van der Waals surface area contributed by atoms with Crippen LogP contribution < -0.4 is 14.8 Å². The minimum Gasteiger partial charge on any atom is -0.496 e. The molecule has 0 spiro atoms. The van der Waals surface area contributed by atoms with Gasteiger partial charge >= 0.3 is 0 Å². The van der Waals surface area contributed by atoms with Gasteiger partial charge in [-0.25, -0.2) is 8.42 Å². The highest BCUT2D eigenvalue weighted by molar-refractivity contribution is 7.89. The maximum Gasteiger partial charge on any atom is 0.243 e. The molecule has 0 radical (unpaired) electrons. The third-order valence-electron chi connectivity index (χ3n) is 5.93. The molecule has 0 aromatic heterocycles. The van der Waals surface area contributed by atoms with E-state index in [0.717, 1.165) is 5.56 Å². The summed E-state index contributed by atoms with van der Waals surface area (Å²) in [4.78, 5) is 13.4. The van der Waals surface area contributed by atoms with E-state index >= 15 is 0 Å². The summed E-state index contributed by atoms with van der Waals surface area (Å²) in [5, 5.41) is 3.34. The van der Waals surface area contributed by atoms with Crippen LogP contribution in [-0.4, -0.2) is 38.8 Å². The fraction of sp³-hybridized carbons (Fsp3) is 0.269. The summed E-state index contributed by atoms with van der Waals surface area (Å²) in [6, 6.07) is 19.0. The van der Waals surface area contributed by atoms with E-state index in [1.54, 1.807) is 44.4 Å². The second-order valence-corrected chi connectivity index (χ2v) is 10.8. The third kappa shape index (κ3) is 5.78. The number of ether oxygens (including phenoxy) is 2. The lowest BCUT2D eigenvalue weighted by molar-refractivity contribution is -0.120. The molecule has 1 fully saturated rings. The molecule has 1 atom stereocenters. The molecule has 184 valence electrons. The zero-order valence-electron chi connectivity index (χ0n) is 19.5. The molecule has 7 nitrogen and oxygen atoms in total. The van der Waals surface area contributed by atoms with Crippen LogP contribution in [-0.2, 0) is 14.8 Å². The molecular formula is C26H27ClN2O5S. The first-order chi connectivity index (χ1) is 16.8. The zero-order valence-corrected chi connectivity index (χ0v) is 21.1. The number of methoxy groups -OCH3 is 1. The number of para-hydroxylation sites is 1. The number of amides is 1. The Kier molecular flexibility index (Phi) is 7.64. The fourth-order valence-corrected chi connectivity index (χ4v) is 5.86. The van der Waals surface area contributed by atoms with Crippen molar-refractivity contribution in [3.05, 3.63) is 77.3 Å². The number of nitrogens with one attached hydrogen (secondary N) is 1. The van der Waals surface area contributed by atoms with Crippen molar-refractivity contribution in [2.24, 2.45) is 5.92 Å². The Hall–Kier alpha value is -3.07. The number of aryl methyl sites for hydroxylation is 1. The summed E-state index contributed by atoms with van der Waals surface area (Å²) in [6.45, 7) is 2.25. The Balaban J connectivity index is 1.50. The number of carbonyl (C=O) groups is 1. The van der Waals surface area contributed by atoms with Gasteiger partial charge in [-0.15, -0.1) is 0 Å². The third-order valence-corrected chi connectivity index (χ3v) is 8.03. The lowest BCUT2D eigenvalue weighted by Crippen LogP contribution is -2.43. The lowest BCUT2D eigenvalue weighted by Gasteiger charge is -2.31. The standard InChI is InChI=1S/C26H27ClN2O5S/c1-18-15-22(11-13-24(18)33-2)35(31,32)29-14-6-7-19(17-29)26(30)28-23-16-20(27)10-12-25(23)34-21-8-4-3-5-9-21/h3-5,8-13,15-16,19H,6-7,14,17H2,1-2H3,(H,28,30)/t19-/m0/s1. The summed E-state index contributed by atoms with van der Waals surface area (Å²) in [6.07, 6.45) is 1.16. The number of hydrogen-bond donors (Lipinski definition) is 1. The van der Waals surface area contributed by atoms with Crippen LogP contribution in [0, 0.1) is 12.8 Å². The van der Waals surface area contributed by atoms with Gasteiger partial charge in [0.25, 0.3) is 0 Å². The molecule has 1 N–H and O–H groups in total. The Morgan fingerprint density at radius 3 is 2.51 bits per heavy atom. The van der Waals surface area contributed by atoms with Gasteiger partial charge in [0, 0.05) is 18.1 Å². The van der Waals surface area contributed by atoms with Gasteiger partial charge in [0.05, 0.1) is 23.6 Å². The first kappa shape index (κ1) is 25.0. The highest BCUT2D eigenvalue weighted by atomic mass is 35.5. The first-order valence-electron chi connectivity index (χ1n) is 11.3. The van der Waals surface area contributed by atoms with Gasteiger partial charge in [0.15, 0.2) is 5.75 Å². The average molecular weight is 515 g/mol. The smallest absolute Gasteiger partial charge is 0.243 e. The first-order valence-corrected chi connectivity index (χ1v) is 13.1. The van der Waals surface area contributed by atoms with E-state index in [1.165, 1.54) is 10.4 Å². The fourth-order valence-electron chi connectivity index (χ4n) is 4.07. The van der Waals surface area contributed by atoms with E-state index in [2.05, 4.69) is 5.32 Å². The van der Waals surface area contributed by atoms with Gasteiger partial charge in [-0.2, -0.15) is 4.31 Å². The molecule has 3 aromatic carbocycles. The maximum absolute atomic E-state index is 13.3. The molecule has 0 bridgehead atoms. The molecule has 1 aliphatic rings. The van der Waals surface area contributed by atoms with Crippen LogP contribution in [0.15, 0.2) is 71.6 Å². The van der Waals surface area contributed by atoms with Crippen molar-refractivity contribution in [2.45, 2.75) is 24.7 Å². The molecule has 1 aliphatic heterocycles. The van der Waals surface area contributed by atoms with Crippen LogP contribution in [0.2, 0.25) is 5.02 Å². The van der Waals surface area contributed by atoms with Gasteiger partial charge in [-0.3, -0.25) is 4.79 Å². The second kappa shape index (κ2) is 10.7. The summed E-state index contributed by atoms with van der Waals surface area (Å²) >= 11 is 6.17. The summed E-state index contributed by atoms with van der Waals surface area (Å²) in [5.41, 5.74) is 1.16. The van der Waals surface area contributed by atoms with E-state index in [1.807, 2.05) is 30.3 Å². The Bertz CT molecular complexity index is 1310. The summed E-state index contributed by atoms with van der Waals surface area (Å²) in [7, 11) is -2.21. The van der Waals surface area contributed by atoms with Gasteiger partial charge < -0.3 is 14.8 Å². The number of rotatable bonds is 7. The highest BCUT2D eigenvalue weighted by Crippen LogP contribution is 2.33. The molecule has 35 heavy (non-hydrogen) atoms. The van der Waals surface area contributed by atoms with Crippen molar-refractivity contribution in [1.29, 1.82) is 0 Å². The van der Waals surface area contributed by atoms with Crippen LogP contribution in [0.1, 0.15) is 18.4 Å². The number of carbonyl (C=O) groups excluding carboxylic acids is 1. The van der Waals surface area contributed by atoms with E-state index in [4.69, 9.17) is 21.1 Å². The van der Waals surface area contributed by atoms with Crippen LogP contribution in [0.5, 0.6) is 17.2 Å². The molecule has 1 amide bonds. The van der Waals surface area contributed by atoms with Gasteiger partial charge in [-0.05, 0) is 73.9 Å². The number of halogens is 1. The predicted molar refractivity (Wildman–Crippen MR) is 136 cm³/mol. The molecule has 3 aromatic rings. The number of sulfonamides is 1. The number of benzene rings is 3. The van der Waals surface area contributed by atoms with E-state index in [9.17, 15) is 13.2 Å². The van der Waals surface area contributed by atoms with E-state index < -0.39 is 15.9 Å². The minimum atomic E-state index is -3.75. The molecule has 1 saturated heterocycles. The molecule has 9 heteroatoms. The highest BCUT2D eigenvalue weighted by Gasteiger charge is 2.34. The van der Waals surface area contributed by atoms with Gasteiger partial charge in [0.2, 0.25) is 15.9 Å². The SMILES string of the molecule is COc1ccc(S(=O)(=O)N2CCC[C@H](C(=O)Nc3cc(Cl)ccc3Oc3ccccc3)C2)cc1C. The monoisotopic (exact) mass is 514 g/mol. The zero-order chi connectivity index (χ0) is 25.0. The van der Waals surface area contributed by atoms with Crippen molar-refractivity contribution < 1.29 is 22.7 Å². The van der Waals surface area contributed by atoms with Crippen molar-refractivity contribution in [3.8, 4) is 17.2 Å². The van der Waals surface area contributed by atoms with Crippen molar-refractivity contribution in [2.75, 3.05) is 25.5 Å². The quantitative estimate of drug-likeness (QED) is 0.450. The second-order valence-electron chi connectivity index (χ2n) is 8.38. The Labute approximate surface area is 210 Å². The Morgan fingerprint density at radius 1 is 1.06 bits per heavy atom. The molecule has 0 unspecified atom stereocenters. The average Bonchev–Trinajstić information content (AvgIpc) is 2.86. The molecule has 0 saturated carbocycles.